The zero-order valence-electron chi connectivity index (χ0n) is 23.0. The highest BCUT2D eigenvalue weighted by atomic mass is 32.1. The van der Waals surface area contributed by atoms with Crippen molar-refractivity contribution in [3.8, 4) is 0 Å². The van der Waals surface area contributed by atoms with Crippen molar-refractivity contribution in [3.05, 3.63) is 16.0 Å². The van der Waals surface area contributed by atoms with Crippen LogP contribution in [0.3, 0.4) is 0 Å². The number of anilines is 1. The highest BCUT2D eigenvalue weighted by molar-refractivity contribution is 7.18. The first-order valence-electron chi connectivity index (χ1n) is 11.7. The third kappa shape index (κ3) is 6.28. The van der Waals surface area contributed by atoms with Crippen molar-refractivity contribution in [2.45, 2.75) is 94.5 Å². The Bertz CT molecular complexity index is 1330. The Kier molecular flexibility index (Phi) is 10.8. The predicted molar refractivity (Wildman–Crippen MR) is 119 cm³/mol. The zero-order valence-corrected chi connectivity index (χ0v) is 23.8. The van der Waals surface area contributed by atoms with Crippen LogP contribution >= 0.6 is 11.3 Å². The SMILES string of the molecule is Cc1c(C(=O)OC(C)C)sc(NC(=O)C(F)(F)C(F)(F)C(F)(F)C(F)(F)C(F)(F)C(F)(F)C(F)(F)C(F)(F)F)c1C(=O)OC(C)C. The largest absolute Gasteiger partial charge is 0.460 e. The number of ether oxygens (including phenoxy) is 2. The van der Waals surface area contributed by atoms with Crippen LogP contribution in [0.4, 0.5) is 79.6 Å². The van der Waals surface area contributed by atoms with Gasteiger partial charge in [0.2, 0.25) is 0 Å². The van der Waals surface area contributed by atoms with Crippen molar-refractivity contribution < 1.29 is 98.5 Å². The smallest absolute Gasteiger partial charge is 0.459 e. The molecule has 0 unspecified atom stereocenters. The molecule has 0 aromatic carbocycles. The molecule has 0 bridgehead atoms. The molecule has 0 saturated carbocycles. The molecule has 0 saturated heterocycles. The standard InChI is InChI=1S/C22H18F17NO5S/c1-6(2)44-12(41)9-8(5)10(13(42)45-7(3)4)46-11(9)40-14(43)15(23,24)16(25,26)17(27,28)18(29,30)19(31,32)20(33,34)21(35,36)22(37,38)39/h6-7H,1-5H3,(H,40,43). The van der Waals surface area contributed by atoms with Gasteiger partial charge in [-0.25, -0.2) is 9.59 Å². The lowest BCUT2D eigenvalue weighted by Crippen LogP contribution is -2.75. The molecule has 1 rings (SSSR count). The summed E-state index contributed by atoms with van der Waals surface area (Å²) >= 11 is -0.258. The minimum atomic E-state index is -8.88. The van der Waals surface area contributed by atoms with E-state index in [1.807, 2.05) is 0 Å². The average molecular weight is 731 g/mol. The first-order chi connectivity index (χ1) is 20.1. The number of nitrogens with one attached hydrogen (secondary N) is 1. The molecule has 1 N–H and O–H groups in total. The van der Waals surface area contributed by atoms with Crippen LogP contribution in [0.25, 0.3) is 0 Å². The summed E-state index contributed by atoms with van der Waals surface area (Å²) in [4.78, 5) is 36.1. The van der Waals surface area contributed by atoms with Crippen molar-refractivity contribution in [2.75, 3.05) is 5.32 Å². The van der Waals surface area contributed by atoms with E-state index in [-0.39, 0.29) is 11.3 Å². The molecule has 1 aromatic rings. The van der Waals surface area contributed by atoms with Gasteiger partial charge in [-0.1, -0.05) is 0 Å². The Hall–Kier alpha value is -3.08. The fraction of sp³-hybridized carbons (Fsp3) is 0.682. The molecule has 0 aliphatic rings. The lowest BCUT2D eigenvalue weighted by atomic mass is 9.89. The van der Waals surface area contributed by atoms with Crippen LogP contribution in [0, 0.1) is 6.92 Å². The van der Waals surface area contributed by atoms with Gasteiger partial charge in [0, 0.05) is 0 Å². The fourth-order valence-corrected chi connectivity index (χ4v) is 4.14. The van der Waals surface area contributed by atoms with Crippen LogP contribution in [0.15, 0.2) is 0 Å². The number of rotatable bonds is 12. The molecule has 1 amide bonds. The van der Waals surface area contributed by atoms with Gasteiger partial charge in [0.1, 0.15) is 9.88 Å². The van der Waals surface area contributed by atoms with E-state index in [0.717, 1.165) is 6.92 Å². The van der Waals surface area contributed by atoms with E-state index in [9.17, 15) is 89.0 Å². The Labute approximate surface area is 249 Å². The molecule has 0 spiro atoms. The maximum absolute atomic E-state index is 14.5. The summed E-state index contributed by atoms with van der Waals surface area (Å²) in [6, 6.07) is 0. The monoisotopic (exact) mass is 731 g/mol. The van der Waals surface area contributed by atoms with Gasteiger partial charge >= 0.3 is 65.5 Å². The molecule has 46 heavy (non-hydrogen) atoms. The number of esters is 2. The van der Waals surface area contributed by atoms with Crippen LogP contribution in [0.1, 0.15) is 53.3 Å². The summed E-state index contributed by atoms with van der Waals surface area (Å²) in [6.45, 7) is 5.72. The number of alkyl halides is 17. The topological polar surface area (TPSA) is 81.7 Å². The Morgan fingerprint density at radius 3 is 1.30 bits per heavy atom. The van der Waals surface area contributed by atoms with Crippen LogP contribution in [0.5, 0.6) is 0 Å². The molecular formula is C22H18F17NO5S. The number of halogens is 17. The molecular weight excluding hydrogens is 713 g/mol. The van der Waals surface area contributed by atoms with E-state index >= 15 is 0 Å². The van der Waals surface area contributed by atoms with Crippen LogP contribution in [-0.4, -0.2) is 77.7 Å². The molecule has 0 fully saturated rings. The van der Waals surface area contributed by atoms with E-state index in [0.29, 0.717) is 5.32 Å². The maximum Gasteiger partial charge on any atom is 0.460 e. The zero-order chi connectivity index (χ0) is 37.0. The van der Waals surface area contributed by atoms with Crippen molar-refractivity contribution in [3.63, 3.8) is 0 Å². The average Bonchev–Trinajstić information content (AvgIpc) is 3.17. The van der Waals surface area contributed by atoms with Gasteiger partial charge in [-0.2, -0.15) is 74.6 Å². The highest BCUT2D eigenvalue weighted by Gasteiger charge is 2.95. The van der Waals surface area contributed by atoms with Crippen LogP contribution in [0.2, 0.25) is 0 Å². The van der Waals surface area contributed by atoms with Gasteiger partial charge < -0.3 is 14.8 Å². The minimum absolute atomic E-state index is 0.258. The van der Waals surface area contributed by atoms with Crippen LogP contribution < -0.4 is 5.32 Å². The molecule has 266 valence electrons. The number of hydrogen-bond donors (Lipinski definition) is 1. The molecule has 1 aromatic heterocycles. The van der Waals surface area contributed by atoms with E-state index in [2.05, 4.69) is 0 Å². The second-order valence-corrected chi connectivity index (χ2v) is 10.7. The summed E-state index contributed by atoms with van der Waals surface area (Å²) < 4.78 is 240. The first kappa shape index (κ1) is 40.9. The lowest BCUT2D eigenvalue weighted by molar-refractivity contribution is -0.459. The summed E-state index contributed by atoms with van der Waals surface area (Å²) in [5, 5.41) is -0.759. The third-order valence-electron chi connectivity index (χ3n) is 5.46. The molecule has 1 heterocycles. The quantitative estimate of drug-likeness (QED) is 0.174. The van der Waals surface area contributed by atoms with Crippen LogP contribution in [-0.2, 0) is 14.3 Å². The van der Waals surface area contributed by atoms with Crippen molar-refractivity contribution in [1.82, 2.24) is 0 Å². The van der Waals surface area contributed by atoms with Gasteiger partial charge in [-0.15, -0.1) is 11.3 Å². The van der Waals surface area contributed by atoms with Crippen molar-refractivity contribution in [1.29, 1.82) is 0 Å². The predicted octanol–water partition coefficient (Wildman–Crippen LogP) is 8.13. The molecule has 6 nitrogen and oxygen atoms in total. The van der Waals surface area contributed by atoms with Gasteiger partial charge in [0.25, 0.3) is 0 Å². The van der Waals surface area contributed by atoms with E-state index in [4.69, 9.17) is 9.47 Å². The third-order valence-corrected chi connectivity index (χ3v) is 6.64. The van der Waals surface area contributed by atoms with Gasteiger partial charge in [-0.05, 0) is 40.2 Å². The summed E-state index contributed by atoms with van der Waals surface area (Å²) in [7, 11) is 0. The minimum Gasteiger partial charge on any atom is -0.459 e. The Morgan fingerprint density at radius 2 is 0.935 bits per heavy atom. The number of amides is 1. The summed E-state index contributed by atoms with van der Waals surface area (Å²) in [5.41, 5.74) is -1.73. The molecule has 0 aliphatic carbocycles. The lowest BCUT2D eigenvalue weighted by Gasteiger charge is -2.42. The second kappa shape index (κ2) is 12.2. The number of carbonyl (C=O) groups is 3. The van der Waals surface area contributed by atoms with Crippen molar-refractivity contribution >= 4 is 34.2 Å². The number of carbonyl (C=O) groups excluding carboxylic acids is 3. The second-order valence-electron chi connectivity index (χ2n) is 9.64. The van der Waals surface area contributed by atoms with Gasteiger partial charge in [-0.3, -0.25) is 4.79 Å². The Morgan fingerprint density at radius 1 is 0.587 bits per heavy atom. The normalized spacial score (nSPS) is 14.5. The Balaban J connectivity index is 3.77. The van der Waals surface area contributed by atoms with Gasteiger partial charge in [0.15, 0.2) is 0 Å². The molecule has 0 aliphatic heterocycles. The highest BCUT2D eigenvalue weighted by Crippen LogP contribution is 2.64. The van der Waals surface area contributed by atoms with E-state index in [1.165, 1.54) is 27.7 Å². The number of hydrogen-bond acceptors (Lipinski definition) is 6. The fourth-order valence-electron chi connectivity index (χ4n) is 3.07. The van der Waals surface area contributed by atoms with E-state index in [1.54, 1.807) is 0 Å². The molecule has 24 heteroatoms. The molecule has 0 atom stereocenters. The maximum atomic E-state index is 14.5. The van der Waals surface area contributed by atoms with Gasteiger partial charge in [0.05, 0.1) is 17.8 Å². The summed E-state index contributed by atoms with van der Waals surface area (Å²) in [5.74, 6) is -66.1. The first-order valence-corrected chi connectivity index (χ1v) is 12.5. The number of thiophene rings is 1. The molecule has 0 radical (unpaired) electrons. The summed E-state index contributed by atoms with van der Waals surface area (Å²) in [6.07, 6.45) is -9.91. The van der Waals surface area contributed by atoms with E-state index < -0.39 is 98.7 Å². The van der Waals surface area contributed by atoms with Crippen molar-refractivity contribution in [2.24, 2.45) is 0 Å².